The molecule has 0 saturated carbocycles. The molecule has 3 nitrogen and oxygen atoms in total. The normalized spacial score (nSPS) is 11.4. The minimum Gasteiger partial charge on any atom is -0.465 e. The van der Waals surface area contributed by atoms with E-state index in [-0.39, 0.29) is 12.6 Å². The van der Waals surface area contributed by atoms with E-state index in [4.69, 9.17) is 9.84 Å². The summed E-state index contributed by atoms with van der Waals surface area (Å²) in [6.07, 6.45) is 2.76. The predicted octanol–water partition coefficient (Wildman–Crippen LogP) is 3.44. The van der Waals surface area contributed by atoms with Crippen LogP contribution in [0.5, 0.6) is 0 Å². The van der Waals surface area contributed by atoms with Crippen LogP contribution < -0.4 is 0 Å². The zero-order chi connectivity index (χ0) is 15.0. The van der Waals surface area contributed by atoms with Crippen LogP contribution in [-0.2, 0) is 16.0 Å². The monoisotopic (exact) mass is 296 g/mol. The van der Waals surface area contributed by atoms with Gasteiger partial charge in [0.1, 0.15) is 4.75 Å². The van der Waals surface area contributed by atoms with Gasteiger partial charge in [0.15, 0.2) is 0 Å². The number of hydrogen-bond donors (Lipinski definition) is 1. The summed E-state index contributed by atoms with van der Waals surface area (Å²) >= 11 is 1.52. The molecule has 1 aromatic rings. The number of thioether (sulfide) groups is 1. The maximum Gasteiger partial charge on any atom is 0.321 e. The van der Waals surface area contributed by atoms with Crippen LogP contribution in [0.4, 0.5) is 0 Å². The largest absolute Gasteiger partial charge is 0.465 e. The van der Waals surface area contributed by atoms with Gasteiger partial charge in [-0.3, -0.25) is 4.79 Å². The van der Waals surface area contributed by atoms with Crippen LogP contribution in [0.1, 0.15) is 39.2 Å². The molecular formula is C16H24O3S. The van der Waals surface area contributed by atoms with Crippen LogP contribution in [0.15, 0.2) is 29.2 Å². The van der Waals surface area contributed by atoms with Crippen molar-refractivity contribution in [1.82, 2.24) is 0 Å². The van der Waals surface area contributed by atoms with E-state index in [1.807, 2.05) is 32.9 Å². The van der Waals surface area contributed by atoms with Crippen LogP contribution >= 0.6 is 11.8 Å². The average molecular weight is 296 g/mol. The standard InChI is InChI=1S/C16H24O3S/c1-4-19-15(18)16(2,3)20-14-10-7-9-13(12-14)8-5-6-11-17/h7,9-10,12,17H,4-6,8,11H2,1-3H3. The third-order valence-electron chi connectivity index (χ3n) is 2.91. The van der Waals surface area contributed by atoms with Crippen molar-refractivity contribution >= 4 is 17.7 Å². The maximum absolute atomic E-state index is 11.9. The highest BCUT2D eigenvalue weighted by Crippen LogP contribution is 2.34. The number of aliphatic hydroxyl groups excluding tert-OH is 1. The first kappa shape index (κ1) is 17.1. The minimum atomic E-state index is -0.584. The molecule has 1 N–H and O–H groups in total. The van der Waals surface area contributed by atoms with Gasteiger partial charge in [-0.25, -0.2) is 0 Å². The van der Waals surface area contributed by atoms with Crippen molar-refractivity contribution in [1.29, 1.82) is 0 Å². The molecule has 0 spiro atoms. The van der Waals surface area contributed by atoms with Gasteiger partial charge in [0.05, 0.1) is 6.61 Å². The van der Waals surface area contributed by atoms with Crippen molar-refractivity contribution in [2.75, 3.05) is 13.2 Å². The van der Waals surface area contributed by atoms with Crippen LogP contribution in [0.3, 0.4) is 0 Å². The molecule has 0 saturated heterocycles. The van der Waals surface area contributed by atoms with E-state index in [9.17, 15) is 4.79 Å². The fourth-order valence-corrected chi connectivity index (χ4v) is 2.94. The Morgan fingerprint density at radius 1 is 1.35 bits per heavy atom. The Morgan fingerprint density at radius 2 is 2.10 bits per heavy atom. The molecule has 0 radical (unpaired) electrons. The van der Waals surface area contributed by atoms with Crippen LogP contribution in [0, 0.1) is 0 Å². The van der Waals surface area contributed by atoms with E-state index in [0.29, 0.717) is 6.61 Å². The van der Waals surface area contributed by atoms with Crippen molar-refractivity contribution < 1.29 is 14.6 Å². The summed E-state index contributed by atoms with van der Waals surface area (Å²) < 4.78 is 4.52. The molecule has 1 rings (SSSR count). The molecular weight excluding hydrogens is 272 g/mol. The molecule has 0 aliphatic rings. The molecule has 0 aliphatic heterocycles. The van der Waals surface area contributed by atoms with E-state index in [0.717, 1.165) is 24.2 Å². The highest BCUT2D eigenvalue weighted by molar-refractivity contribution is 8.01. The zero-order valence-electron chi connectivity index (χ0n) is 12.5. The van der Waals surface area contributed by atoms with Gasteiger partial charge in [0, 0.05) is 11.5 Å². The lowest BCUT2D eigenvalue weighted by molar-refractivity contribution is -0.145. The number of carbonyl (C=O) groups is 1. The fraction of sp³-hybridized carbons (Fsp3) is 0.562. The highest BCUT2D eigenvalue weighted by atomic mass is 32.2. The zero-order valence-corrected chi connectivity index (χ0v) is 13.3. The lowest BCUT2D eigenvalue weighted by Gasteiger charge is -2.21. The predicted molar refractivity (Wildman–Crippen MR) is 83.0 cm³/mol. The number of aliphatic hydroxyl groups is 1. The molecule has 0 atom stereocenters. The molecule has 4 heteroatoms. The summed E-state index contributed by atoms with van der Waals surface area (Å²) in [7, 11) is 0. The maximum atomic E-state index is 11.9. The highest BCUT2D eigenvalue weighted by Gasteiger charge is 2.30. The summed E-state index contributed by atoms with van der Waals surface area (Å²) in [5, 5.41) is 8.81. The Labute approximate surface area is 125 Å². The smallest absolute Gasteiger partial charge is 0.321 e. The Hall–Kier alpha value is -1.00. The Balaban J connectivity index is 2.67. The van der Waals surface area contributed by atoms with Gasteiger partial charge < -0.3 is 9.84 Å². The van der Waals surface area contributed by atoms with E-state index in [1.165, 1.54) is 17.3 Å². The summed E-state index contributed by atoms with van der Waals surface area (Å²) in [4.78, 5) is 13.0. The first-order valence-electron chi connectivity index (χ1n) is 7.05. The molecule has 0 unspecified atom stereocenters. The van der Waals surface area contributed by atoms with Gasteiger partial charge >= 0.3 is 5.97 Å². The first-order valence-corrected chi connectivity index (χ1v) is 7.87. The van der Waals surface area contributed by atoms with E-state index >= 15 is 0 Å². The van der Waals surface area contributed by atoms with Crippen LogP contribution in [0.2, 0.25) is 0 Å². The summed E-state index contributed by atoms with van der Waals surface area (Å²) in [5.41, 5.74) is 1.24. The lowest BCUT2D eigenvalue weighted by atomic mass is 10.1. The number of unbranched alkanes of at least 4 members (excludes halogenated alkanes) is 1. The van der Waals surface area contributed by atoms with Crippen molar-refractivity contribution in [2.24, 2.45) is 0 Å². The molecule has 20 heavy (non-hydrogen) atoms. The quantitative estimate of drug-likeness (QED) is 0.453. The van der Waals surface area contributed by atoms with Crippen molar-refractivity contribution in [2.45, 2.75) is 49.7 Å². The Bertz CT molecular complexity index is 429. The van der Waals surface area contributed by atoms with Gasteiger partial charge in [-0.1, -0.05) is 12.1 Å². The van der Waals surface area contributed by atoms with Gasteiger partial charge in [0.2, 0.25) is 0 Å². The van der Waals surface area contributed by atoms with Crippen LogP contribution in [0.25, 0.3) is 0 Å². The molecule has 1 aromatic carbocycles. The number of benzene rings is 1. The average Bonchev–Trinajstić information content (AvgIpc) is 2.39. The Morgan fingerprint density at radius 3 is 2.75 bits per heavy atom. The first-order chi connectivity index (χ1) is 9.49. The van der Waals surface area contributed by atoms with Crippen molar-refractivity contribution in [3.63, 3.8) is 0 Å². The second-order valence-electron chi connectivity index (χ2n) is 5.16. The number of carbonyl (C=O) groups excluding carboxylic acids is 1. The number of esters is 1. The SMILES string of the molecule is CCOC(=O)C(C)(C)Sc1cccc(CCCCO)c1. The third-order valence-corrected chi connectivity index (χ3v) is 4.08. The molecule has 0 heterocycles. The molecule has 0 bridgehead atoms. The third kappa shape index (κ3) is 5.55. The molecule has 0 amide bonds. The number of aryl methyl sites for hydroxylation is 1. The molecule has 0 aliphatic carbocycles. The molecule has 112 valence electrons. The van der Waals surface area contributed by atoms with Crippen molar-refractivity contribution in [3.05, 3.63) is 29.8 Å². The van der Waals surface area contributed by atoms with Gasteiger partial charge in [0.25, 0.3) is 0 Å². The number of rotatable bonds is 8. The summed E-state index contributed by atoms with van der Waals surface area (Å²) in [5.74, 6) is -0.185. The van der Waals surface area contributed by atoms with E-state index < -0.39 is 4.75 Å². The van der Waals surface area contributed by atoms with E-state index in [1.54, 1.807) is 0 Å². The van der Waals surface area contributed by atoms with Gasteiger partial charge in [-0.2, -0.15) is 0 Å². The number of hydrogen-bond acceptors (Lipinski definition) is 4. The topological polar surface area (TPSA) is 46.5 Å². The second kappa shape index (κ2) is 8.32. The van der Waals surface area contributed by atoms with Crippen LogP contribution in [-0.4, -0.2) is 29.0 Å². The lowest BCUT2D eigenvalue weighted by Crippen LogP contribution is -2.29. The molecule has 0 fully saturated rings. The van der Waals surface area contributed by atoms with E-state index in [2.05, 4.69) is 12.1 Å². The van der Waals surface area contributed by atoms with Crippen molar-refractivity contribution in [3.8, 4) is 0 Å². The summed E-state index contributed by atoms with van der Waals surface area (Å²) in [6, 6.07) is 8.22. The Kier molecular flexibility index (Phi) is 7.10. The second-order valence-corrected chi connectivity index (χ2v) is 6.86. The summed E-state index contributed by atoms with van der Waals surface area (Å²) in [6.45, 7) is 6.23. The van der Waals surface area contributed by atoms with Gasteiger partial charge in [-0.05, 0) is 57.7 Å². The number of ether oxygens (including phenoxy) is 1. The minimum absolute atomic E-state index is 0.185. The fourth-order valence-electron chi connectivity index (χ4n) is 1.85. The molecule has 0 aromatic heterocycles. The van der Waals surface area contributed by atoms with Gasteiger partial charge in [-0.15, -0.1) is 11.8 Å².